The van der Waals surface area contributed by atoms with Gasteiger partial charge in [0.2, 0.25) is 5.78 Å². The van der Waals surface area contributed by atoms with E-state index in [9.17, 15) is 4.79 Å². The van der Waals surface area contributed by atoms with Crippen molar-refractivity contribution >= 4 is 16.8 Å². The Labute approximate surface area is 152 Å². The number of fused-ring (bicyclic) bond motifs is 1. The molecule has 4 heteroatoms. The predicted octanol–water partition coefficient (Wildman–Crippen LogP) is 4.78. The highest BCUT2D eigenvalue weighted by Crippen LogP contribution is 2.32. The molecule has 1 saturated heterocycles. The summed E-state index contributed by atoms with van der Waals surface area (Å²) < 4.78 is 17.0. The standard InChI is InChI=1S/C22H22O4/c1-2-3-10-20-21(16-8-4-7-12-19(16)26-20)22(23)17-9-5-6-11-18(17)25-14-15-13-24-15/h4-9,11-12,15H,2-3,10,13-14H2,1H3. The molecule has 4 nitrogen and oxygen atoms in total. The molecule has 134 valence electrons. The van der Waals surface area contributed by atoms with Gasteiger partial charge in [0.1, 0.15) is 29.8 Å². The van der Waals surface area contributed by atoms with E-state index in [1.165, 1.54) is 0 Å². The molecule has 0 spiro atoms. The third-order valence-electron chi connectivity index (χ3n) is 4.61. The van der Waals surface area contributed by atoms with Gasteiger partial charge in [-0.15, -0.1) is 0 Å². The molecule has 0 amide bonds. The van der Waals surface area contributed by atoms with Gasteiger partial charge in [0.15, 0.2) is 0 Å². The quantitative estimate of drug-likeness (QED) is 0.433. The van der Waals surface area contributed by atoms with Gasteiger partial charge in [-0.2, -0.15) is 0 Å². The van der Waals surface area contributed by atoms with Gasteiger partial charge in [-0.25, -0.2) is 0 Å². The van der Waals surface area contributed by atoms with E-state index in [4.69, 9.17) is 13.9 Å². The van der Waals surface area contributed by atoms with Crippen LogP contribution in [0.15, 0.2) is 52.9 Å². The Morgan fingerprint density at radius 3 is 2.73 bits per heavy atom. The number of unbranched alkanes of at least 4 members (excludes halogenated alkanes) is 1. The number of carbonyl (C=O) groups is 1. The summed E-state index contributed by atoms with van der Waals surface area (Å²) in [6.07, 6.45) is 2.93. The maximum atomic E-state index is 13.4. The average molecular weight is 350 g/mol. The molecule has 0 aliphatic carbocycles. The molecule has 4 rings (SSSR count). The summed E-state index contributed by atoms with van der Waals surface area (Å²) in [5.74, 6) is 1.31. The SMILES string of the molecule is CCCCc1oc2ccccc2c1C(=O)c1ccccc1OCC1CO1. The summed E-state index contributed by atoms with van der Waals surface area (Å²) in [6, 6.07) is 15.1. The number of epoxide rings is 1. The van der Waals surface area contributed by atoms with E-state index in [1.54, 1.807) is 0 Å². The lowest BCUT2D eigenvalue weighted by molar-refractivity contribution is 0.103. The minimum Gasteiger partial charge on any atom is -0.490 e. The van der Waals surface area contributed by atoms with Gasteiger partial charge in [-0.05, 0) is 24.6 Å². The van der Waals surface area contributed by atoms with Crippen molar-refractivity contribution in [1.82, 2.24) is 0 Å². The number of furan rings is 1. The van der Waals surface area contributed by atoms with E-state index in [2.05, 4.69) is 6.92 Å². The predicted molar refractivity (Wildman–Crippen MR) is 99.9 cm³/mol. The summed E-state index contributed by atoms with van der Waals surface area (Å²) in [5.41, 5.74) is 1.98. The van der Waals surface area contributed by atoms with Crippen molar-refractivity contribution in [3.05, 3.63) is 65.4 Å². The Balaban J connectivity index is 1.73. The molecular weight excluding hydrogens is 328 g/mol. The van der Waals surface area contributed by atoms with E-state index in [0.29, 0.717) is 23.5 Å². The smallest absolute Gasteiger partial charge is 0.200 e. The number of aryl methyl sites for hydroxylation is 1. The lowest BCUT2D eigenvalue weighted by Gasteiger charge is -2.10. The Morgan fingerprint density at radius 2 is 1.92 bits per heavy atom. The van der Waals surface area contributed by atoms with Gasteiger partial charge in [0, 0.05) is 11.8 Å². The second-order valence-electron chi connectivity index (χ2n) is 6.59. The summed E-state index contributed by atoms with van der Waals surface area (Å²) in [7, 11) is 0. The first-order valence-corrected chi connectivity index (χ1v) is 9.16. The Kier molecular flexibility index (Phi) is 4.76. The van der Waals surface area contributed by atoms with E-state index < -0.39 is 0 Å². The minimum atomic E-state index is -0.0478. The fourth-order valence-corrected chi connectivity index (χ4v) is 3.12. The van der Waals surface area contributed by atoms with Crippen molar-refractivity contribution in [1.29, 1.82) is 0 Å². The zero-order chi connectivity index (χ0) is 17.9. The summed E-state index contributed by atoms with van der Waals surface area (Å²) in [6.45, 7) is 3.33. The van der Waals surface area contributed by atoms with Crippen molar-refractivity contribution in [2.24, 2.45) is 0 Å². The molecule has 1 aliphatic heterocycles. The Morgan fingerprint density at radius 1 is 1.15 bits per heavy atom. The van der Waals surface area contributed by atoms with Gasteiger partial charge in [-0.3, -0.25) is 4.79 Å². The molecule has 3 aromatic rings. The second kappa shape index (κ2) is 7.34. The van der Waals surface area contributed by atoms with Crippen LogP contribution < -0.4 is 4.74 Å². The molecule has 2 aromatic carbocycles. The number of carbonyl (C=O) groups excluding carboxylic acids is 1. The topological polar surface area (TPSA) is 52.0 Å². The lowest BCUT2D eigenvalue weighted by atomic mass is 9.97. The van der Waals surface area contributed by atoms with Gasteiger partial charge in [-0.1, -0.05) is 43.7 Å². The van der Waals surface area contributed by atoms with Crippen LogP contribution in [0.1, 0.15) is 41.4 Å². The van der Waals surface area contributed by atoms with Crippen LogP contribution in [0.4, 0.5) is 0 Å². The van der Waals surface area contributed by atoms with Crippen LogP contribution in [-0.2, 0) is 11.2 Å². The van der Waals surface area contributed by atoms with Crippen LogP contribution in [0.3, 0.4) is 0 Å². The maximum absolute atomic E-state index is 13.4. The molecule has 1 atom stereocenters. The molecule has 0 bridgehead atoms. The second-order valence-corrected chi connectivity index (χ2v) is 6.59. The van der Waals surface area contributed by atoms with E-state index in [1.807, 2.05) is 48.5 Å². The van der Waals surface area contributed by atoms with E-state index in [-0.39, 0.29) is 11.9 Å². The van der Waals surface area contributed by atoms with Gasteiger partial charge in [0.25, 0.3) is 0 Å². The van der Waals surface area contributed by atoms with Crippen molar-refractivity contribution in [2.45, 2.75) is 32.3 Å². The largest absolute Gasteiger partial charge is 0.490 e. The van der Waals surface area contributed by atoms with Crippen LogP contribution in [0, 0.1) is 0 Å². The molecule has 1 fully saturated rings. The highest BCUT2D eigenvalue weighted by Gasteiger charge is 2.26. The minimum absolute atomic E-state index is 0.0478. The molecule has 0 radical (unpaired) electrons. The monoisotopic (exact) mass is 350 g/mol. The molecule has 0 N–H and O–H groups in total. The third-order valence-corrected chi connectivity index (χ3v) is 4.61. The first kappa shape index (κ1) is 16.9. The Bertz CT molecular complexity index is 921. The zero-order valence-electron chi connectivity index (χ0n) is 14.9. The lowest BCUT2D eigenvalue weighted by Crippen LogP contribution is -2.10. The summed E-state index contributed by atoms with van der Waals surface area (Å²) >= 11 is 0. The normalized spacial score (nSPS) is 16.0. The van der Waals surface area contributed by atoms with Crippen LogP contribution in [-0.4, -0.2) is 25.1 Å². The molecule has 1 aliphatic rings. The molecule has 2 heterocycles. The van der Waals surface area contributed by atoms with E-state index in [0.717, 1.165) is 42.6 Å². The van der Waals surface area contributed by atoms with Crippen LogP contribution in [0.25, 0.3) is 11.0 Å². The molecule has 1 aromatic heterocycles. The maximum Gasteiger partial charge on any atom is 0.200 e. The first-order valence-electron chi connectivity index (χ1n) is 9.16. The number of rotatable bonds is 8. The summed E-state index contributed by atoms with van der Waals surface area (Å²) in [4.78, 5) is 13.4. The number of ketones is 1. The fraction of sp³-hybridized carbons (Fsp3) is 0.318. The van der Waals surface area contributed by atoms with Gasteiger partial charge < -0.3 is 13.9 Å². The molecule has 0 saturated carbocycles. The average Bonchev–Trinajstić information content (AvgIpc) is 3.43. The highest BCUT2D eigenvalue weighted by molar-refractivity contribution is 6.18. The third kappa shape index (κ3) is 3.37. The first-order chi connectivity index (χ1) is 12.8. The number of ether oxygens (including phenoxy) is 2. The molecule has 1 unspecified atom stereocenters. The zero-order valence-corrected chi connectivity index (χ0v) is 14.9. The molecule has 26 heavy (non-hydrogen) atoms. The van der Waals surface area contributed by atoms with Crippen LogP contribution in [0.5, 0.6) is 5.75 Å². The van der Waals surface area contributed by atoms with Crippen molar-refractivity contribution in [3.8, 4) is 5.75 Å². The van der Waals surface area contributed by atoms with Gasteiger partial charge in [0.05, 0.1) is 17.7 Å². The van der Waals surface area contributed by atoms with Crippen molar-refractivity contribution < 1.29 is 18.7 Å². The fourth-order valence-electron chi connectivity index (χ4n) is 3.12. The number of benzene rings is 2. The van der Waals surface area contributed by atoms with E-state index >= 15 is 0 Å². The van der Waals surface area contributed by atoms with Crippen LogP contribution in [0.2, 0.25) is 0 Å². The molecular formula is C22H22O4. The van der Waals surface area contributed by atoms with Gasteiger partial charge >= 0.3 is 0 Å². The highest BCUT2D eigenvalue weighted by atomic mass is 16.6. The number of hydrogen-bond donors (Lipinski definition) is 0. The Hall–Kier alpha value is -2.59. The van der Waals surface area contributed by atoms with Crippen molar-refractivity contribution in [2.75, 3.05) is 13.2 Å². The van der Waals surface area contributed by atoms with Crippen LogP contribution >= 0.6 is 0 Å². The number of hydrogen-bond acceptors (Lipinski definition) is 4. The summed E-state index contributed by atoms with van der Waals surface area (Å²) in [5, 5.41) is 0.865. The van der Waals surface area contributed by atoms with Crippen molar-refractivity contribution in [3.63, 3.8) is 0 Å². The number of para-hydroxylation sites is 2.